The van der Waals surface area contributed by atoms with Crippen molar-refractivity contribution in [1.82, 2.24) is 15.0 Å². The van der Waals surface area contributed by atoms with Crippen LogP contribution in [0, 0.1) is 0 Å². The van der Waals surface area contributed by atoms with E-state index in [0.29, 0.717) is 12.1 Å². The van der Waals surface area contributed by atoms with Crippen molar-refractivity contribution in [3.8, 4) is 0 Å². The van der Waals surface area contributed by atoms with Crippen LogP contribution in [0.1, 0.15) is 67.9 Å². The average Bonchev–Trinajstić information content (AvgIpc) is 3.04. The Morgan fingerprint density at radius 1 is 1.00 bits per heavy atom. The second-order valence-corrected chi connectivity index (χ2v) is 6.07. The summed E-state index contributed by atoms with van der Waals surface area (Å²) < 4.78 is 1.80. The fourth-order valence-electron chi connectivity index (χ4n) is 2.64. The van der Waals surface area contributed by atoms with E-state index in [1.165, 1.54) is 38.5 Å². The van der Waals surface area contributed by atoms with Crippen LogP contribution in [-0.2, 0) is 13.0 Å². The van der Waals surface area contributed by atoms with E-state index in [4.69, 9.17) is 0 Å². The zero-order valence-corrected chi connectivity index (χ0v) is 14.1. The highest BCUT2D eigenvalue weighted by molar-refractivity contribution is 5.95. The van der Waals surface area contributed by atoms with E-state index in [9.17, 15) is 4.79 Å². The molecule has 23 heavy (non-hydrogen) atoms. The SMILES string of the molecule is CCCCCCCCCn1cc(C(=O)Cc2ccccc2)nn1. The molecule has 2 rings (SSSR count). The Bertz CT molecular complexity index is 577. The van der Waals surface area contributed by atoms with E-state index in [1.54, 1.807) is 10.9 Å². The van der Waals surface area contributed by atoms with Crippen molar-refractivity contribution in [2.75, 3.05) is 0 Å². The first kappa shape index (κ1) is 17.4. The number of ketones is 1. The maximum absolute atomic E-state index is 12.2. The Balaban J connectivity index is 1.69. The molecule has 2 aromatic rings. The number of aryl methyl sites for hydroxylation is 1. The Hall–Kier alpha value is -1.97. The van der Waals surface area contributed by atoms with Gasteiger partial charge in [0.1, 0.15) is 5.69 Å². The number of aromatic nitrogens is 3. The molecule has 0 saturated heterocycles. The van der Waals surface area contributed by atoms with Crippen molar-refractivity contribution >= 4 is 5.78 Å². The molecule has 0 N–H and O–H groups in total. The molecule has 1 aromatic heterocycles. The second kappa shape index (κ2) is 9.93. The summed E-state index contributed by atoms with van der Waals surface area (Å²) in [5.74, 6) is 0.0296. The number of rotatable bonds is 11. The molecule has 0 radical (unpaired) electrons. The van der Waals surface area contributed by atoms with E-state index >= 15 is 0 Å². The summed E-state index contributed by atoms with van der Waals surface area (Å²) in [5, 5.41) is 8.09. The van der Waals surface area contributed by atoms with Gasteiger partial charge in [0, 0.05) is 13.0 Å². The third-order valence-electron chi connectivity index (χ3n) is 4.02. The predicted molar refractivity (Wildman–Crippen MR) is 92.5 cm³/mol. The highest BCUT2D eigenvalue weighted by atomic mass is 16.1. The second-order valence-electron chi connectivity index (χ2n) is 6.07. The van der Waals surface area contributed by atoms with Crippen LogP contribution in [0.3, 0.4) is 0 Å². The Morgan fingerprint density at radius 3 is 2.43 bits per heavy atom. The zero-order chi connectivity index (χ0) is 16.3. The Morgan fingerprint density at radius 2 is 1.70 bits per heavy atom. The van der Waals surface area contributed by atoms with Crippen LogP contribution in [0.15, 0.2) is 36.5 Å². The van der Waals surface area contributed by atoms with Crippen molar-refractivity contribution in [2.45, 2.75) is 64.8 Å². The molecule has 1 heterocycles. The number of nitrogens with zero attached hydrogens (tertiary/aromatic N) is 3. The van der Waals surface area contributed by atoms with Crippen LogP contribution in [0.2, 0.25) is 0 Å². The quantitative estimate of drug-likeness (QED) is 0.455. The summed E-state index contributed by atoms with van der Waals surface area (Å²) in [4.78, 5) is 12.2. The van der Waals surface area contributed by atoms with Gasteiger partial charge in [-0.1, -0.05) is 81.0 Å². The van der Waals surface area contributed by atoms with E-state index in [1.807, 2.05) is 30.3 Å². The van der Waals surface area contributed by atoms with Crippen molar-refractivity contribution in [1.29, 1.82) is 0 Å². The van der Waals surface area contributed by atoms with Crippen LogP contribution < -0.4 is 0 Å². The molecule has 124 valence electrons. The minimum atomic E-state index is 0.0296. The van der Waals surface area contributed by atoms with Gasteiger partial charge in [-0.15, -0.1) is 5.10 Å². The lowest BCUT2D eigenvalue weighted by Crippen LogP contribution is -2.04. The van der Waals surface area contributed by atoms with Crippen LogP contribution >= 0.6 is 0 Å². The fourth-order valence-corrected chi connectivity index (χ4v) is 2.64. The number of benzene rings is 1. The van der Waals surface area contributed by atoms with Gasteiger partial charge in [-0.3, -0.25) is 9.48 Å². The monoisotopic (exact) mass is 313 g/mol. The number of unbranched alkanes of at least 4 members (excludes halogenated alkanes) is 6. The van der Waals surface area contributed by atoms with Gasteiger partial charge < -0.3 is 0 Å². The van der Waals surface area contributed by atoms with Crippen molar-refractivity contribution in [2.24, 2.45) is 0 Å². The van der Waals surface area contributed by atoms with E-state index in [2.05, 4.69) is 17.2 Å². The lowest BCUT2D eigenvalue weighted by Gasteiger charge is -2.01. The molecular weight excluding hydrogens is 286 g/mol. The minimum Gasteiger partial charge on any atom is -0.292 e. The molecule has 0 amide bonds. The van der Waals surface area contributed by atoms with Gasteiger partial charge in [0.2, 0.25) is 0 Å². The maximum atomic E-state index is 12.2. The molecule has 0 aliphatic carbocycles. The third-order valence-corrected chi connectivity index (χ3v) is 4.02. The first-order chi connectivity index (χ1) is 11.3. The highest BCUT2D eigenvalue weighted by Crippen LogP contribution is 2.09. The average molecular weight is 313 g/mol. The van der Waals surface area contributed by atoms with Crippen molar-refractivity contribution < 1.29 is 4.79 Å². The summed E-state index contributed by atoms with van der Waals surface area (Å²) in [6.07, 6.45) is 11.1. The lowest BCUT2D eigenvalue weighted by molar-refractivity contribution is 0.0988. The largest absolute Gasteiger partial charge is 0.292 e. The first-order valence-corrected chi connectivity index (χ1v) is 8.77. The molecule has 0 spiro atoms. The number of carbonyl (C=O) groups excluding carboxylic acids is 1. The maximum Gasteiger partial charge on any atom is 0.189 e. The van der Waals surface area contributed by atoms with E-state index < -0.39 is 0 Å². The first-order valence-electron chi connectivity index (χ1n) is 8.77. The van der Waals surface area contributed by atoms with Gasteiger partial charge in [-0.25, -0.2) is 0 Å². The molecule has 0 unspecified atom stereocenters. The normalized spacial score (nSPS) is 10.8. The molecule has 1 aromatic carbocycles. The Kier molecular flexibility index (Phi) is 7.50. The molecule has 0 bridgehead atoms. The molecule has 0 fully saturated rings. The van der Waals surface area contributed by atoms with Crippen LogP contribution in [0.25, 0.3) is 0 Å². The van der Waals surface area contributed by atoms with Crippen molar-refractivity contribution in [3.63, 3.8) is 0 Å². The number of carbonyl (C=O) groups is 1. The summed E-state index contributed by atoms with van der Waals surface area (Å²) in [6, 6.07) is 9.76. The topological polar surface area (TPSA) is 47.8 Å². The lowest BCUT2D eigenvalue weighted by atomic mass is 10.1. The summed E-state index contributed by atoms with van der Waals surface area (Å²) >= 11 is 0. The summed E-state index contributed by atoms with van der Waals surface area (Å²) in [7, 11) is 0. The number of hydrogen-bond donors (Lipinski definition) is 0. The van der Waals surface area contributed by atoms with E-state index in [-0.39, 0.29) is 5.78 Å². The van der Waals surface area contributed by atoms with E-state index in [0.717, 1.165) is 18.5 Å². The van der Waals surface area contributed by atoms with Gasteiger partial charge in [-0.2, -0.15) is 0 Å². The summed E-state index contributed by atoms with van der Waals surface area (Å²) in [6.45, 7) is 3.08. The number of hydrogen-bond acceptors (Lipinski definition) is 3. The van der Waals surface area contributed by atoms with Crippen LogP contribution in [-0.4, -0.2) is 20.8 Å². The molecular formula is C19H27N3O. The smallest absolute Gasteiger partial charge is 0.189 e. The molecule has 4 heteroatoms. The molecule has 0 saturated carbocycles. The van der Waals surface area contributed by atoms with Gasteiger partial charge >= 0.3 is 0 Å². The molecule has 4 nitrogen and oxygen atoms in total. The summed E-state index contributed by atoms with van der Waals surface area (Å²) in [5.41, 5.74) is 1.48. The molecule has 0 aliphatic heterocycles. The fraction of sp³-hybridized carbons (Fsp3) is 0.526. The number of Topliss-reactive ketones (excluding diaryl/α,β-unsaturated/α-hetero) is 1. The standard InChI is InChI=1S/C19H27N3O/c1-2-3-4-5-6-7-11-14-22-16-18(20-21-22)19(23)15-17-12-9-8-10-13-17/h8-10,12-13,16H,2-7,11,14-15H2,1H3. The zero-order valence-electron chi connectivity index (χ0n) is 14.1. The van der Waals surface area contributed by atoms with Crippen molar-refractivity contribution in [3.05, 3.63) is 47.8 Å². The third kappa shape index (κ3) is 6.35. The highest BCUT2D eigenvalue weighted by Gasteiger charge is 2.11. The van der Waals surface area contributed by atoms with Crippen LogP contribution in [0.5, 0.6) is 0 Å². The molecule has 0 atom stereocenters. The van der Waals surface area contributed by atoms with Gasteiger partial charge in [0.05, 0.1) is 6.20 Å². The Labute approximate surface area is 138 Å². The van der Waals surface area contributed by atoms with Crippen LogP contribution in [0.4, 0.5) is 0 Å². The van der Waals surface area contributed by atoms with Gasteiger partial charge in [0.15, 0.2) is 5.78 Å². The predicted octanol–water partition coefficient (Wildman–Crippen LogP) is 4.45. The van der Waals surface area contributed by atoms with Gasteiger partial charge in [-0.05, 0) is 12.0 Å². The molecule has 0 aliphatic rings. The van der Waals surface area contributed by atoms with Gasteiger partial charge in [0.25, 0.3) is 0 Å². The minimum absolute atomic E-state index is 0.0296.